The van der Waals surface area contributed by atoms with Gasteiger partial charge in [-0.3, -0.25) is 14.5 Å². The zero-order chi connectivity index (χ0) is 22.5. The number of ether oxygens (including phenoxy) is 2. The lowest BCUT2D eigenvalue weighted by Gasteiger charge is -2.28. The average Bonchev–Trinajstić information content (AvgIpc) is 3.42. The Kier molecular flexibility index (Phi) is 6.92. The normalized spacial score (nSPS) is 21.3. The van der Waals surface area contributed by atoms with E-state index in [1.54, 1.807) is 36.4 Å². The lowest BCUT2D eigenvalue weighted by atomic mass is 9.99. The molecule has 8 nitrogen and oxygen atoms in total. The molecular weight excluding hydrogens is 412 g/mol. The number of Topliss-reactive ketones (excluding diaryl/α,β-unsaturated/α-hetero) is 1. The van der Waals surface area contributed by atoms with Crippen LogP contribution in [0.1, 0.15) is 30.7 Å². The first-order valence-corrected chi connectivity index (χ1v) is 10.9. The van der Waals surface area contributed by atoms with Crippen molar-refractivity contribution in [1.29, 1.82) is 0 Å². The van der Waals surface area contributed by atoms with Crippen molar-refractivity contribution in [3.8, 4) is 5.75 Å². The van der Waals surface area contributed by atoms with Crippen molar-refractivity contribution >= 4 is 17.4 Å². The van der Waals surface area contributed by atoms with Gasteiger partial charge in [-0.15, -0.1) is 0 Å². The van der Waals surface area contributed by atoms with Crippen LogP contribution in [0.25, 0.3) is 5.76 Å². The summed E-state index contributed by atoms with van der Waals surface area (Å²) in [5, 5.41) is 11.1. The van der Waals surface area contributed by atoms with Gasteiger partial charge in [0.05, 0.1) is 31.7 Å². The maximum Gasteiger partial charge on any atom is 0.295 e. The summed E-state index contributed by atoms with van der Waals surface area (Å²) in [6.07, 6.45) is 2.20. The first-order valence-electron chi connectivity index (χ1n) is 10.9. The predicted octanol–water partition coefficient (Wildman–Crippen LogP) is 2.82. The second-order valence-electron chi connectivity index (χ2n) is 7.78. The molecule has 0 unspecified atom stereocenters. The number of ketones is 1. The highest BCUT2D eigenvalue weighted by Crippen LogP contribution is 2.39. The van der Waals surface area contributed by atoms with Gasteiger partial charge in [-0.25, -0.2) is 0 Å². The number of aliphatic hydroxyl groups is 1. The number of aliphatic hydroxyl groups excluding tert-OH is 1. The smallest absolute Gasteiger partial charge is 0.295 e. The summed E-state index contributed by atoms with van der Waals surface area (Å²) in [4.78, 5) is 29.7. The number of nitrogens with zero attached hydrogens (tertiary/aromatic N) is 2. The summed E-state index contributed by atoms with van der Waals surface area (Å²) in [6.45, 7) is 6.65. The van der Waals surface area contributed by atoms with E-state index in [4.69, 9.17) is 13.9 Å². The number of hydrogen-bond donors (Lipinski definition) is 1. The molecule has 0 spiro atoms. The molecule has 0 aliphatic carbocycles. The monoisotopic (exact) mass is 440 g/mol. The van der Waals surface area contributed by atoms with Crippen LogP contribution in [-0.2, 0) is 14.3 Å². The molecule has 4 rings (SSSR count). The minimum atomic E-state index is -0.773. The van der Waals surface area contributed by atoms with Gasteiger partial charge in [0.1, 0.15) is 23.3 Å². The average molecular weight is 440 g/mol. The molecule has 32 heavy (non-hydrogen) atoms. The Labute approximate surface area is 187 Å². The molecule has 2 aromatic rings. The van der Waals surface area contributed by atoms with Gasteiger partial charge in [-0.2, -0.15) is 0 Å². The van der Waals surface area contributed by atoms with Crippen LogP contribution in [0.3, 0.4) is 0 Å². The minimum Gasteiger partial charge on any atom is -0.507 e. The number of hydrogen-bond acceptors (Lipinski definition) is 7. The molecule has 2 aliphatic heterocycles. The largest absolute Gasteiger partial charge is 0.507 e. The van der Waals surface area contributed by atoms with Crippen molar-refractivity contribution in [3.63, 3.8) is 0 Å². The van der Waals surface area contributed by atoms with Crippen LogP contribution in [0.5, 0.6) is 5.75 Å². The Bertz CT molecular complexity index is 978. The van der Waals surface area contributed by atoms with Gasteiger partial charge < -0.3 is 23.9 Å². The molecule has 1 aromatic carbocycles. The van der Waals surface area contributed by atoms with Gasteiger partial charge in [-0.05, 0) is 37.6 Å². The SMILES string of the molecule is CCOc1cccc(C(O)=C2C(=O)C(=O)N(CCCN3CCOCC3)[C@@H]2c2ccco2)c1. The first-order chi connectivity index (χ1) is 15.6. The summed E-state index contributed by atoms with van der Waals surface area (Å²) in [6, 6.07) is 9.50. The maximum absolute atomic E-state index is 13.0. The third-order valence-electron chi connectivity index (χ3n) is 5.75. The molecule has 170 valence electrons. The standard InChI is InChI=1S/C24H28N2O6/c1-2-31-18-7-3-6-17(16-18)22(27)20-21(19-8-4-13-32-19)26(24(29)23(20)28)10-5-9-25-11-14-30-15-12-25/h3-4,6-8,13,16,21,27H,2,5,9-12,14-15H2,1H3/t21-/m1/s1. The summed E-state index contributed by atoms with van der Waals surface area (Å²) in [5.74, 6) is -0.557. The summed E-state index contributed by atoms with van der Waals surface area (Å²) in [5.41, 5.74) is 0.448. The zero-order valence-corrected chi connectivity index (χ0v) is 18.2. The van der Waals surface area contributed by atoms with Crippen molar-refractivity contribution in [2.24, 2.45) is 0 Å². The van der Waals surface area contributed by atoms with Crippen molar-refractivity contribution in [2.45, 2.75) is 19.4 Å². The first kappa shape index (κ1) is 22.1. The molecule has 1 atom stereocenters. The zero-order valence-electron chi connectivity index (χ0n) is 18.2. The van der Waals surface area contributed by atoms with Gasteiger partial charge >= 0.3 is 0 Å². The van der Waals surface area contributed by atoms with Gasteiger partial charge in [-0.1, -0.05) is 12.1 Å². The van der Waals surface area contributed by atoms with E-state index in [0.29, 0.717) is 49.9 Å². The van der Waals surface area contributed by atoms with Gasteiger partial charge in [0.2, 0.25) is 0 Å². The molecule has 0 bridgehead atoms. The third kappa shape index (κ3) is 4.56. The van der Waals surface area contributed by atoms with Crippen molar-refractivity contribution in [1.82, 2.24) is 9.80 Å². The van der Waals surface area contributed by atoms with Crippen LogP contribution in [-0.4, -0.2) is 72.6 Å². The highest BCUT2D eigenvalue weighted by molar-refractivity contribution is 6.46. The second-order valence-corrected chi connectivity index (χ2v) is 7.78. The lowest BCUT2D eigenvalue weighted by Crippen LogP contribution is -2.38. The quantitative estimate of drug-likeness (QED) is 0.383. The van der Waals surface area contributed by atoms with Crippen LogP contribution in [0, 0.1) is 0 Å². The number of likely N-dealkylation sites (tertiary alicyclic amines) is 1. The van der Waals surface area contributed by atoms with Gasteiger partial charge in [0.25, 0.3) is 11.7 Å². The Hall–Kier alpha value is -3.10. The highest BCUT2D eigenvalue weighted by Gasteiger charge is 2.47. The second kappa shape index (κ2) is 10.0. The van der Waals surface area contributed by atoms with Crippen LogP contribution >= 0.6 is 0 Å². The van der Waals surface area contributed by atoms with E-state index < -0.39 is 17.7 Å². The molecule has 8 heteroatoms. The molecule has 2 fully saturated rings. The molecular formula is C24H28N2O6. The summed E-state index contributed by atoms with van der Waals surface area (Å²) in [7, 11) is 0. The van der Waals surface area contributed by atoms with Gasteiger partial charge in [0, 0.05) is 31.7 Å². The number of carbonyl (C=O) groups excluding carboxylic acids is 2. The number of rotatable bonds is 8. The van der Waals surface area contributed by atoms with Crippen molar-refractivity contribution < 1.29 is 28.6 Å². The van der Waals surface area contributed by atoms with Crippen LogP contribution in [0.4, 0.5) is 0 Å². The number of morpholine rings is 1. The predicted molar refractivity (Wildman–Crippen MR) is 117 cm³/mol. The molecule has 2 aliphatic rings. The van der Waals surface area contributed by atoms with E-state index in [-0.39, 0.29) is 11.3 Å². The number of carbonyl (C=O) groups is 2. The Morgan fingerprint density at radius 3 is 2.69 bits per heavy atom. The van der Waals surface area contributed by atoms with E-state index in [9.17, 15) is 14.7 Å². The molecule has 1 aromatic heterocycles. The number of furan rings is 1. The Morgan fingerprint density at radius 1 is 1.16 bits per heavy atom. The topological polar surface area (TPSA) is 92.5 Å². The highest BCUT2D eigenvalue weighted by atomic mass is 16.5. The van der Waals surface area contributed by atoms with Crippen molar-refractivity contribution in [2.75, 3.05) is 46.0 Å². The summed E-state index contributed by atoms with van der Waals surface area (Å²) < 4.78 is 16.5. The molecule has 0 saturated carbocycles. The lowest BCUT2D eigenvalue weighted by molar-refractivity contribution is -0.140. The Morgan fingerprint density at radius 2 is 1.97 bits per heavy atom. The fourth-order valence-corrected chi connectivity index (χ4v) is 4.20. The molecule has 1 N–H and O–H groups in total. The van der Waals surface area contributed by atoms with Crippen LogP contribution in [0.15, 0.2) is 52.7 Å². The number of benzene rings is 1. The molecule has 0 radical (unpaired) electrons. The van der Waals surface area contributed by atoms with Crippen molar-refractivity contribution in [3.05, 3.63) is 59.6 Å². The maximum atomic E-state index is 13.0. The third-order valence-corrected chi connectivity index (χ3v) is 5.75. The van der Waals surface area contributed by atoms with Crippen LogP contribution < -0.4 is 4.74 Å². The van der Waals surface area contributed by atoms with Gasteiger partial charge in [0.15, 0.2) is 0 Å². The molecule has 2 saturated heterocycles. The number of amides is 1. The fraction of sp³-hybridized carbons (Fsp3) is 0.417. The van der Waals surface area contributed by atoms with E-state index >= 15 is 0 Å². The minimum absolute atomic E-state index is 0.0324. The van der Waals surface area contributed by atoms with E-state index in [1.807, 2.05) is 6.92 Å². The molecule has 3 heterocycles. The molecule has 1 amide bonds. The van der Waals surface area contributed by atoms with E-state index in [2.05, 4.69) is 4.90 Å². The van der Waals surface area contributed by atoms with Crippen LogP contribution in [0.2, 0.25) is 0 Å². The fourth-order valence-electron chi connectivity index (χ4n) is 4.20. The Balaban J connectivity index is 1.62. The van der Waals surface area contributed by atoms with E-state index in [0.717, 1.165) is 19.6 Å². The van der Waals surface area contributed by atoms with E-state index in [1.165, 1.54) is 11.2 Å². The summed E-state index contributed by atoms with van der Waals surface area (Å²) >= 11 is 0.